The van der Waals surface area contributed by atoms with Gasteiger partial charge in [0.1, 0.15) is 12.6 Å². The Labute approximate surface area is 51.5 Å². The molecule has 1 atom stereocenters. The lowest BCUT2D eigenvalue weighted by Crippen LogP contribution is -2.10. The number of cyclic esters (lactones) is 1. The number of hydrogen-bond acceptors (Lipinski definition) is 4. The van der Waals surface area contributed by atoms with E-state index in [2.05, 4.69) is 9.91 Å². The average molecular weight is 127 g/mol. The van der Waals surface area contributed by atoms with Gasteiger partial charge in [0.25, 0.3) is 0 Å². The highest BCUT2D eigenvalue weighted by atomic mass is 16.5. The Hall–Kier alpha value is -1.19. The van der Waals surface area contributed by atoms with Gasteiger partial charge in [0.05, 0.1) is 0 Å². The van der Waals surface area contributed by atoms with Gasteiger partial charge < -0.3 is 4.74 Å². The molecule has 0 aromatic carbocycles. The molecule has 1 rings (SSSR count). The maximum Gasteiger partial charge on any atom is 0.331 e. The van der Waals surface area contributed by atoms with Gasteiger partial charge in [-0.1, -0.05) is 5.18 Å². The minimum Gasteiger partial charge on any atom is -0.453 e. The van der Waals surface area contributed by atoms with Crippen LogP contribution in [0.2, 0.25) is 0 Å². The highest BCUT2D eigenvalue weighted by Crippen LogP contribution is 2.03. The molecule has 0 amide bonds. The van der Waals surface area contributed by atoms with Crippen LogP contribution in [0.15, 0.2) is 17.3 Å². The number of carbonyl (C=O) groups is 1. The van der Waals surface area contributed by atoms with Crippen LogP contribution in [0.3, 0.4) is 0 Å². The topological polar surface area (TPSA) is 55.7 Å². The number of rotatable bonds is 2. The fourth-order valence-electron chi connectivity index (χ4n) is 0.585. The molecule has 1 aliphatic heterocycles. The highest BCUT2D eigenvalue weighted by Gasteiger charge is 2.15. The molecule has 0 saturated heterocycles. The fraction of sp³-hybridized carbons (Fsp3) is 0.400. The molecule has 0 spiro atoms. The number of ether oxygens (including phenoxy) is 1. The van der Waals surface area contributed by atoms with Crippen molar-refractivity contribution in [1.82, 2.24) is 0 Å². The van der Waals surface area contributed by atoms with Gasteiger partial charge in [0, 0.05) is 6.08 Å². The van der Waals surface area contributed by atoms with Crippen molar-refractivity contribution in [2.75, 3.05) is 6.54 Å². The van der Waals surface area contributed by atoms with Crippen LogP contribution in [0.5, 0.6) is 0 Å². The van der Waals surface area contributed by atoms with Crippen LogP contribution >= 0.6 is 0 Å². The first-order valence-corrected chi connectivity index (χ1v) is 2.51. The van der Waals surface area contributed by atoms with Gasteiger partial charge in [-0.25, -0.2) is 4.79 Å². The average Bonchev–Trinajstić information content (AvgIpc) is 2.17. The van der Waals surface area contributed by atoms with Crippen molar-refractivity contribution in [3.8, 4) is 0 Å². The first kappa shape index (κ1) is 5.94. The normalized spacial score (nSPS) is 24.0. The number of hydrogen-bond donors (Lipinski definition) is 0. The first-order valence-electron chi connectivity index (χ1n) is 2.51. The van der Waals surface area contributed by atoms with Gasteiger partial charge in [-0.15, -0.1) is 0 Å². The smallest absolute Gasteiger partial charge is 0.331 e. The van der Waals surface area contributed by atoms with Crippen LogP contribution in [0.25, 0.3) is 0 Å². The van der Waals surface area contributed by atoms with Crippen molar-refractivity contribution >= 4 is 5.97 Å². The molecule has 0 aromatic heterocycles. The monoisotopic (exact) mass is 127 g/mol. The lowest BCUT2D eigenvalue weighted by atomic mass is 10.3. The Kier molecular flexibility index (Phi) is 1.58. The van der Waals surface area contributed by atoms with E-state index < -0.39 is 12.1 Å². The summed E-state index contributed by atoms with van der Waals surface area (Å²) in [6.07, 6.45) is 2.38. The third kappa shape index (κ3) is 1.35. The fourth-order valence-corrected chi connectivity index (χ4v) is 0.585. The minimum absolute atomic E-state index is 0.0161. The van der Waals surface area contributed by atoms with Gasteiger partial charge in [-0.2, -0.15) is 4.91 Å². The van der Waals surface area contributed by atoms with E-state index in [9.17, 15) is 9.70 Å². The van der Waals surface area contributed by atoms with E-state index in [4.69, 9.17) is 0 Å². The molecule has 9 heavy (non-hydrogen) atoms. The largest absolute Gasteiger partial charge is 0.453 e. The molecule has 0 fully saturated rings. The molecule has 48 valence electrons. The Bertz CT molecular complexity index is 164. The van der Waals surface area contributed by atoms with E-state index in [0.29, 0.717) is 0 Å². The summed E-state index contributed by atoms with van der Waals surface area (Å²) >= 11 is 0. The summed E-state index contributed by atoms with van der Waals surface area (Å²) in [6.45, 7) is 0.0161. The minimum atomic E-state index is -0.421. The molecule has 0 aliphatic carbocycles. The predicted molar refractivity (Wildman–Crippen MR) is 29.7 cm³/mol. The third-order valence-corrected chi connectivity index (χ3v) is 0.969. The highest BCUT2D eigenvalue weighted by molar-refractivity contribution is 5.84. The summed E-state index contributed by atoms with van der Waals surface area (Å²) in [6, 6.07) is 0. The van der Waals surface area contributed by atoms with E-state index in [-0.39, 0.29) is 6.54 Å². The van der Waals surface area contributed by atoms with Crippen LogP contribution in [-0.2, 0) is 9.53 Å². The molecule has 0 radical (unpaired) electrons. The Morgan fingerprint density at radius 3 is 3.00 bits per heavy atom. The molecule has 0 N–H and O–H groups in total. The van der Waals surface area contributed by atoms with Crippen LogP contribution < -0.4 is 0 Å². The number of nitrogens with zero attached hydrogens (tertiary/aromatic N) is 1. The van der Waals surface area contributed by atoms with Crippen molar-refractivity contribution in [2.24, 2.45) is 5.18 Å². The zero-order valence-corrected chi connectivity index (χ0v) is 4.61. The lowest BCUT2D eigenvalue weighted by molar-refractivity contribution is -0.138. The van der Waals surface area contributed by atoms with Gasteiger partial charge in [-0.3, -0.25) is 0 Å². The van der Waals surface area contributed by atoms with Crippen molar-refractivity contribution in [1.29, 1.82) is 0 Å². The summed E-state index contributed by atoms with van der Waals surface area (Å²) < 4.78 is 4.56. The van der Waals surface area contributed by atoms with Crippen LogP contribution in [0.1, 0.15) is 0 Å². The molecule has 1 aliphatic rings. The zero-order chi connectivity index (χ0) is 6.69. The molecule has 1 heterocycles. The van der Waals surface area contributed by atoms with Crippen molar-refractivity contribution in [2.45, 2.75) is 6.10 Å². The summed E-state index contributed by atoms with van der Waals surface area (Å²) in [4.78, 5) is 19.9. The van der Waals surface area contributed by atoms with E-state index >= 15 is 0 Å². The maximum absolute atomic E-state index is 10.3. The Balaban J connectivity index is 2.40. The van der Waals surface area contributed by atoms with E-state index in [1.54, 1.807) is 0 Å². The summed E-state index contributed by atoms with van der Waals surface area (Å²) in [5.41, 5.74) is 0. The van der Waals surface area contributed by atoms with Crippen molar-refractivity contribution in [3.05, 3.63) is 17.1 Å². The van der Waals surface area contributed by atoms with E-state index in [1.807, 2.05) is 0 Å². The van der Waals surface area contributed by atoms with Gasteiger partial charge >= 0.3 is 5.97 Å². The lowest BCUT2D eigenvalue weighted by Gasteiger charge is -1.99. The van der Waals surface area contributed by atoms with Gasteiger partial charge in [-0.05, 0) is 6.08 Å². The summed E-state index contributed by atoms with van der Waals surface area (Å²) in [5, 5.41) is 2.57. The first-order chi connectivity index (χ1) is 4.33. The molecule has 1 unspecified atom stereocenters. The van der Waals surface area contributed by atoms with Crippen molar-refractivity contribution < 1.29 is 9.53 Å². The third-order valence-electron chi connectivity index (χ3n) is 0.969. The van der Waals surface area contributed by atoms with Crippen molar-refractivity contribution in [3.63, 3.8) is 0 Å². The zero-order valence-electron chi connectivity index (χ0n) is 4.61. The second-order valence-electron chi connectivity index (χ2n) is 1.65. The van der Waals surface area contributed by atoms with Gasteiger partial charge in [0.2, 0.25) is 0 Å². The number of nitroso groups, excluding NO2 is 1. The Morgan fingerprint density at radius 2 is 2.56 bits per heavy atom. The molecule has 4 nitrogen and oxygen atoms in total. The number of esters is 1. The summed E-state index contributed by atoms with van der Waals surface area (Å²) in [5.74, 6) is -0.399. The molecule has 0 aromatic rings. The molecular formula is C5H5NO3. The number of carbonyl (C=O) groups excluding carboxylic acids is 1. The molecular weight excluding hydrogens is 122 g/mol. The summed E-state index contributed by atoms with van der Waals surface area (Å²) in [7, 11) is 0. The standard InChI is InChI=1S/C5H5NO3/c7-5-2-1-4(9-5)3-6-8/h1-2,4H,3H2. The molecule has 0 bridgehead atoms. The molecule has 0 saturated carbocycles. The van der Waals surface area contributed by atoms with E-state index in [1.165, 1.54) is 12.2 Å². The second kappa shape index (κ2) is 2.39. The second-order valence-corrected chi connectivity index (χ2v) is 1.65. The van der Waals surface area contributed by atoms with Crippen LogP contribution in [0.4, 0.5) is 0 Å². The van der Waals surface area contributed by atoms with Crippen LogP contribution in [-0.4, -0.2) is 18.6 Å². The quantitative estimate of drug-likeness (QED) is 0.394. The van der Waals surface area contributed by atoms with Crippen LogP contribution in [0, 0.1) is 4.91 Å². The van der Waals surface area contributed by atoms with Gasteiger partial charge in [0.15, 0.2) is 0 Å². The van der Waals surface area contributed by atoms with E-state index in [0.717, 1.165) is 0 Å². The maximum atomic E-state index is 10.3. The Morgan fingerprint density at radius 1 is 1.78 bits per heavy atom. The SMILES string of the molecule is O=NCC1C=CC(=O)O1. The molecule has 4 heteroatoms. The predicted octanol–water partition coefficient (Wildman–Crippen LogP) is 0.234.